The topological polar surface area (TPSA) is 46.9 Å². The molecule has 152 valence electrons. The van der Waals surface area contributed by atoms with Crippen molar-refractivity contribution in [1.29, 1.82) is 0 Å². The van der Waals surface area contributed by atoms with E-state index in [-0.39, 0.29) is 17.8 Å². The summed E-state index contributed by atoms with van der Waals surface area (Å²) >= 11 is 0. The van der Waals surface area contributed by atoms with Crippen LogP contribution in [0.15, 0.2) is 66.9 Å². The van der Waals surface area contributed by atoms with Crippen LogP contribution in [0.5, 0.6) is 0 Å². The van der Waals surface area contributed by atoms with Crippen molar-refractivity contribution in [3.8, 4) is 0 Å². The molecule has 0 aliphatic rings. The number of aryl methyl sites for hydroxylation is 2. The molecule has 30 heavy (non-hydrogen) atoms. The van der Waals surface area contributed by atoms with Crippen molar-refractivity contribution in [2.45, 2.75) is 33.4 Å². The number of fused-ring (bicyclic) bond motifs is 1. The number of benzene rings is 3. The second kappa shape index (κ2) is 8.11. The molecule has 4 nitrogen and oxygen atoms in total. The van der Waals surface area contributed by atoms with Gasteiger partial charge in [-0.1, -0.05) is 42.0 Å². The molecule has 0 spiro atoms. The van der Waals surface area contributed by atoms with Gasteiger partial charge >= 0.3 is 0 Å². The van der Waals surface area contributed by atoms with Crippen LogP contribution >= 0.6 is 0 Å². The van der Waals surface area contributed by atoms with Gasteiger partial charge in [0, 0.05) is 10.9 Å². The predicted octanol–water partition coefficient (Wildman–Crippen LogP) is 5.33. The third kappa shape index (κ3) is 4.10. The van der Waals surface area contributed by atoms with Gasteiger partial charge < -0.3 is 5.32 Å². The van der Waals surface area contributed by atoms with Crippen LogP contribution < -0.4 is 5.32 Å². The fourth-order valence-corrected chi connectivity index (χ4v) is 3.77. The lowest BCUT2D eigenvalue weighted by Gasteiger charge is -2.17. The van der Waals surface area contributed by atoms with E-state index in [1.54, 1.807) is 18.3 Å². The lowest BCUT2D eigenvalue weighted by atomic mass is 10.00. The second-order valence-electron chi connectivity index (χ2n) is 7.76. The Bertz CT molecular complexity index is 1210. The lowest BCUT2D eigenvalue weighted by molar-refractivity contribution is 0.0940. The van der Waals surface area contributed by atoms with Crippen molar-refractivity contribution >= 4 is 16.8 Å². The fraction of sp³-hybridized carbons (Fsp3) is 0.200. The van der Waals surface area contributed by atoms with Crippen LogP contribution in [0.1, 0.15) is 45.6 Å². The Morgan fingerprint density at radius 1 is 1.07 bits per heavy atom. The van der Waals surface area contributed by atoms with E-state index < -0.39 is 0 Å². The van der Waals surface area contributed by atoms with E-state index in [2.05, 4.69) is 42.5 Å². The van der Waals surface area contributed by atoms with Gasteiger partial charge in [0.15, 0.2) is 0 Å². The summed E-state index contributed by atoms with van der Waals surface area (Å²) in [7, 11) is 0. The van der Waals surface area contributed by atoms with Crippen LogP contribution in [0.25, 0.3) is 10.9 Å². The SMILES string of the molecule is Cc1ccc([C@H](C)NC(=O)c2ccc3cnn(Cc4ccc(F)cc4)c3c2)c(C)c1. The van der Waals surface area contributed by atoms with Crippen LogP contribution in [0.4, 0.5) is 4.39 Å². The van der Waals surface area contributed by atoms with Crippen molar-refractivity contribution in [3.05, 3.63) is 100 Å². The molecule has 3 aromatic carbocycles. The number of hydrogen-bond donors (Lipinski definition) is 1. The third-order valence-corrected chi connectivity index (χ3v) is 5.39. The van der Waals surface area contributed by atoms with Crippen molar-refractivity contribution in [2.75, 3.05) is 0 Å². The zero-order chi connectivity index (χ0) is 21.3. The minimum atomic E-state index is -0.263. The highest BCUT2D eigenvalue weighted by atomic mass is 19.1. The molecule has 1 amide bonds. The molecule has 0 bridgehead atoms. The molecule has 0 radical (unpaired) electrons. The second-order valence-corrected chi connectivity index (χ2v) is 7.76. The minimum Gasteiger partial charge on any atom is -0.346 e. The maximum Gasteiger partial charge on any atom is 0.251 e. The summed E-state index contributed by atoms with van der Waals surface area (Å²) < 4.78 is 15.0. The third-order valence-electron chi connectivity index (χ3n) is 5.39. The van der Waals surface area contributed by atoms with Crippen molar-refractivity contribution in [3.63, 3.8) is 0 Å². The Hall–Kier alpha value is -3.47. The maximum absolute atomic E-state index is 13.2. The Kier molecular flexibility index (Phi) is 5.36. The molecule has 5 heteroatoms. The molecule has 1 aromatic heterocycles. The largest absolute Gasteiger partial charge is 0.346 e. The van der Waals surface area contributed by atoms with Crippen LogP contribution in [0.3, 0.4) is 0 Å². The summed E-state index contributed by atoms with van der Waals surface area (Å²) in [5.74, 6) is -0.389. The van der Waals surface area contributed by atoms with Crippen molar-refractivity contribution in [2.24, 2.45) is 0 Å². The van der Waals surface area contributed by atoms with Crippen LogP contribution in [-0.4, -0.2) is 15.7 Å². The van der Waals surface area contributed by atoms with Gasteiger partial charge in [-0.2, -0.15) is 5.10 Å². The first-order valence-corrected chi connectivity index (χ1v) is 9.99. The number of hydrogen-bond acceptors (Lipinski definition) is 2. The highest BCUT2D eigenvalue weighted by Gasteiger charge is 2.15. The number of rotatable bonds is 5. The number of carbonyl (C=O) groups excluding carboxylic acids is 1. The number of nitrogens with zero attached hydrogens (tertiary/aromatic N) is 2. The number of carbonyl (C=O) groups is 1. The summed E-state index contributed by atoms with van der Waals surface area (Å²) in [6.07, 6.45) is 1.78. The standard InChI is InChI=1S/C25H24FN3O/c1-16-4-11-23(17(2)12-16)18(3)28-25(30)20-7-8-21-14-27-29(24(21)13-20)15-19-5-9-22(26)10-6-19/h4-14,18H,15H2,1-3H3,(H,28,30)/t18-/m0/s1. The molecule has 1 atom stereocenters. The van der Waals surface area contributed by atoms with E-state index in [1.165, 1.54) is 17.7 Å². The van der Waals surface area contributed by atoms with E-state index in [0.717, 1.165) is 27.6 Å². The summed E-state index contributed by atoms with van der Waals surface area (Å²) in [5, 5.41) is 8.48. The van der Waals surface area contributed by atoms with Crippen LogP contribution in [-0.2, 0) is 6.54 Å². The smallest absolute Gasteiger partial charge is 0.251 e. The van der Waals surface area contributed by atoms with E-state index in [0.29, 0.717) is 12.1 Å². The Morgan fingerprint density at radius 2 is 1.83 bits per heavy atom. The molecule has 0 aliphatic heterocycles. The normalized spacial score (nSPS) is 12.1. The molecule has 0 saturated carbocycles. The molecule has 1 heterocycles. The van der Waals surface area contributed by atoms with Crippen LogP contribution in [0.2, 0.25) is 0 Å². The van der Waals surface area contributed by atoms with Gasteiger partial charge in [0.05, 0.1) is 24.3 Å². The van der Waals surface area contributed by atoms with E-state index in [4.69, 9.17) is 0 Å². The Morgan fingerprint density at radius 3 is 2.57 bits per heavy atom. The van der Waals surface area contributed by atoms with Gasteiger partial charge in [0.1, 0.15) is 5.82 Å². The Labute approximate surface area is 175 Å². The molecule has 0 fully saturated rings. The van der Waals surface area contributed by atoms with Gasteiger partial charge in [-0.25, -0.2) is 4.39 Å². The number of halogens is 1. The zero-order valence-electron chi connectivity index (χ0n) is 17.3. The van der Waals surface area contributed by atoms with Crippen molar-refractivity contribution in [1.82, 2.24) is 15.1 Å². The first-order valence-electron chi connectivity index (χ1n) is 9.99. The minimum absolute atomic E-state index is 0.0991. The molecule has 4 rings (SSSR count). The molecule has 0 aliphatic carbocycles. The summed E-state index contributed by atoms with van der Waals surface area (Å²) in [5.41, 5.74) is 5.87. The van der Waals surface area contributed by atoms with Gasteiger partial charge in [-0.05, 0) is 61.7 Å². The van der Waals surface area contributed by atoms with Gasteiger partial charge in [-0.3, -0.25) is 9.48 Å². The summed E-state index contributed by atoms with van der Waals surface area (Å²) in [6.45, 7) is 6.62. The van der Waals surface area contributed by atoms with Gasteiger partial charge in [0.25, 0.3) is 5.91 Å². The lowest BCUT2D eigenvalue weighted by Crippen LogP contribution is -2.27. The Balaban J connectivity index is 1.56. The fourth-order valence-electron chi connectivity index (χ4n) is 3.77. The predicted molar refractivity (Wildman–Crippen MR) is 117 cm³/mol. The number of amides is 1. The monoisotopic (exact) mass is 401 g/mol. The van der Waals surface area contributed by atoms with E-state index >= 15 is 0 Å². The molecule has 0 saturated heterocycles. The highest BCUT2D eigenvalue weighted by molar-refractivity contribution is 5.98. The van der Waals surface area contributed by atoms with Gasteiger partial charge in [0.2, 0.25) is 0 Å². The van der Waals surface area contributed by atoms with E-state index in [9.17, 15) is 9.18 Å². The summed E-state index contributed by atoms with van der Waals surface area (Å²) in [4.78, 5) is 12.9. The number of nitrogens with one attached hydrogen (secondary N) is 1. The summed E-state index contributed by atoms with van der Waals surface area (Å²) in [6, 6.07) is 18.1. The van der Waals surface area contributed by atoms with Crippen molar-refractivity contribution < 1.29 is 9.18 Å². The quantitative estimate of drug-likeness (QED) is 0.491. The number of aromatic nitrogens is 2. The molecule has 0 unspecified atom stereocenters. The molecular weight excluding hydrogens is 377 g/mol. The maximum atomic E-state index is 13.2. The molecular formula is C25H24FN3O. The zero-order valence-corrected chi connectivity index (χ0v) is 17.3. The first-order chi connectivity index (χ1) is 14.4. The van der Waals surface area contributed by atoms with E-state index in [1.807, 2.05) is 29.8 Å². The highest BCUT2D eigenvalue weighted by Crippen LogP contribution is 2.21. The molecule has 1 N–H and O–H groups in total. The first kappa shape index (κ1) is 19.8. The van der Waals surface area contributed by atoms with Gasteiger partial charge in [-0.15, -0.1) is 0 Å². The average molecular weight is 401 g/mol. The van der Waals surface area contributed by atoms with Crippen LogP contribution in [0, 0.1) is 19.7 Å². The molecule has 4 aromatic rings. The average Bonchev–Trinajstić information content (AvgIpc) is 3.11.